The van der Waals surface area contributed by atoms with E-state index in [1.54, 1.807) is 0 Å². The first-order chi connectivity index (χ1) is 11.9. The van der Waals surface area contributed by atoms with Crippen molar-refractivity contribution in [2.75, 3.05) is 26.2 Å². The molecule has 1 fully saturated rings. The average molecular weight is 363 g/mol. The highest BCUT2D eigenvalue weighted by atomic mass is 35.5. The minimum Gasteiger partial charge on any atom is -0.450 e. The van der Waals surface area contributed by atoms with Crippen molar-refractivity contribution < 1.29 is 9.53 Å². The Morgan fingerprint density at radius 1 is 1.36 bits per heavy atom. The van der Waals surface area contributed by atoms with Crippen LogP contribution in [0.15, 0.2) is 24.3 Å². The number of piperazine rings is 1. The van der Waals surface area contributed by atoms with Crippen molar-refractivity contribution in [2.45, 2.75) is 45.7 Å². The van der Waals surface area contributed by atoms with Gasteiger partial charge >= 0.3 is 6.09 Å². The average Bonchev–Trinajstić information content (AvgIpc) is 2.59. The molecule has 0 aliphatic carbocycles. The Morgan fingerprint density at radius 3 is 2.76 bits per heavy atom. The lowest BCUT2D eigenvalue weighted by atomic mass is 9.98. The van der Waals surface area contributed by atoms with Crippen LogP contribution in [0.25, 0.3) is 0 Å². The van der Waals surface area contributed by atoms with E-state index in [-0.39, 0.29) is 17.7 Å². The van der Waals surface area contributed by atoms with E-state index < -0.39 is 0 Å². The molecule has 136 valence electrons. The molecule has 1 aliphatic rings. The molecular weight excluding hydrogens is 336 g/mol. The summed E-state index contributed by atoms with van der Waals surface area (Å²) in [6, 6.07) is 7.74. The highest BCUT2D eigenvalue weighted by Gasteiger charge is 2.35. The van der Waals surface area contributed by atoms with E-state index in [1.807, 2.05) is 36.1 Å². The number of ether oxygens (including phenoxy) is 1. The summed E-state index contributed by atoms with van der Waals surface area (Å²) in [6.45, 7) is 10.8. The quantitative estimate of drug-likeness (QED) is 0.761. The van der Waals surface area contributed by atoms with Crippen molar-refractivity contribution in [1.82, 2.24) is 9.80 Å². The second kappa shape index (κ2) is 8.60. The van der Waals surface area contributed by atoms with Gasteiger partial charge < -0.3 is 9.64 Å². The maximum Gasteiger partial charge on any atom is 0.410 e. The molecule has 1 amide bonds. The summed E-state index contributed by atoms with van der Waals surface area (Å²) in [6.07, 6.45) is 0.685. The summed E-state index contributed by atoms with van der Waals surface area (Å²) >= 11 is 6.03. The van der Waals surface area contributed by atoms with E-state index >= 15 is 0 Å². The van der Waals surface area contributed by atoms with Crippen LogP contribution < -0.4 is 0 Å². The van der Waals surface area contributed by atoms with Crippen LogP contribution in [0.5, 0.6) is 0 Å². The fourth-order valence-corrected chi connectivity index (χ4v) is 3.22. The highest BCUT2D eigenvalue weighted by Crippen LogP contribution is 2.22. The number of amides is 1. The van der Waals surface area contributed by atoms with Gasteiger partial charge in [-0.3, -0.25) is 4.90 Å². The predicted molar refractivity (Wildman–Crippen MR) is 102 cm³/mol. The second-order valence-electron chi connectivity index (χ2n) is 6.72. The molecular formula is C20H27ClN2O2. The first-order valence-electron chi connectivity index (χ1n) is 8.84. The number of carbonyl (C=O) groups is 1. The number of rotatable bonds is 3. The third-order valence-electron chi connectivity index (χ3n) is 4.58. The van der Waals surface area contributed by atoms with Crippen LogP contribution in [0.2, 0.25) is 5.02 Å². The Labute approximate surface area is 156 Å². The maximum absolute atomic E-state index is 12.1. The summed E-state index contributed by atoms with van der Waals surface area (Å²) in [5.74, 6) is 6.60. The van der Waals surface area contributed by atoms with Gasteiger partial charge in [-0.15, -0.1) is 0 Å². The minimum absolute atomic E-state index is 0.153. The first-order valence-corrected chi connectivity index (χ1v) is 9.22. The second-order valence-corrected chi connectivity index (χ2v) is 7.16. The molecule has 1 aromatic carbocycles. The molecule has 4 nitrogen and oxygen atoms in total. The van der Waals surface area contributed by atoms with Crippen molar-refractivity contribution in [2.24, 2.45) is 0 Å². The van der Waals surface area contributed by atoms with Crippen molar-refractivity contribution >= 4 is 17.7 Å². The van der Waals surface area contributed by atoms with E-state index in [1.165, 1.54) is 0 Å². The Bertz CT molecular complexity index is 663. The summed E-state index contributed by atoms with van der Waals surface area (Å²) in [4.78, 5) is 16.3. The largest absolute Gasteiger partial charge is 0.450 e. The molecule has 25 heavy (non-hydrogen) atoms. The fourth-order valence-electron chi connectivity index (χ4n) is 3.03. The van der Waals surface area contributed by atoms with Crippen LogP contribution in [0.3, 0.4) is 0 Å². The van der Waals surface area contributed by atoms with Crippen LogP contribution in [0.4, 0.5) is 4.79 Å². The molecule has 0 saturated carbocycles. The van der Waals surface area contributed by atoms with Crippen molar-refractivity contribution in [3.63, 3.8) is 0 Å². The van der Waals surface area contributed by atoms with E-state index in [0.29, 0.717) is 18.2 Å². The van der Waals surface area contributed by atoms with E-state index in [4.69, 9.17) is 16.3 Å². The van der Waals surface area contributed by atoms with Gasteiger partial charge in [0, 0.05) is 36.3 Å². The molecule has 1 saturated heterocycles. The SMILES string of the molecule is CCOC(=O)N1CCN(C(C)(C)C#Cc2cccc(Cl)c2)CC1CC. The Kier molecular flexibility index (Phi) is 6.75. The third kappa shape index (κ3) is 5.14. The summed E-state index contributed by atoms with van der Waals surface area (Å²) in [5, 5.41) is 0.693. The Hall–Kier alpha value is -1.70. The lowest BCUT2D eigenvalue weighted by Crippen LogP contribution is -2.59. The minimum atomic E-state index is -0.281. The molecule has 1 unspecified atom stereocenters. The van der Waals surface area contributed by atoms with Gasteiger partial charge in [0.15, 0.2) is 0 Å². The molecule has 0 bridgehead atoms. The van der Waals surface area contributed by atoms with Crippen LogP contribution >= 0.6 is 11.6 Å². The molecule has 0 radical (unpaired) electrons. The molecule has 0 aromatic heterocycles. The number of carbonyl (C=O) groups excluding carboxylic acids is 1. The van der Waals surface area contributed by atoms with E-state index in [0.717, 1.165) is 25.1 Å². The predicted octanol–water partition coefficient (Wildman–Crippen LogP) is 4.02. The van der Waals surface area contributed by atoms with Gasteiger partial charge in [0.25, 0.3) is 0 Å². The fraction of sp³-hybridized carbons (Fsp3) is 0.550. The number of hydrogen-bond donors (Lipinski definition) is 0. The van der Waals surface area contributed by atoms with Gasteiger partial charge in [-0.25, -0.2) is 4.79 Å². The molecule has 5 heteroatoms. The number of hydrogen-bond acceptors (Lipinski definition) is 3. The zero-order valence-corrected chi connectivity index (χ0v) is 16.3. The summed E-state index contributed by atoms with van der Waals surface area (Å²) < 4.78 is 5.18. The molecule has 0 N–H and O–H groups in total. The third-order valence-corrected chi connectivity index (χ3v) is 4.82. The molecule has 1 heterocycles. The van der Waals surface area contributed by atoms with Crippen LogP contribution in [0.1, 0.15) is 39.7 Å². The van der Waals surface area contributed by atoms with Gasteiger partial charge in [-0.2, -0.15) is 0 Å². The maximum atomic E-state index is 12.1. The molecule has 1 atom stereocenters. The molecule has 1 aromatic rings. The van der Waals surface area contributed by atoms with Crippen LogP contribution in [-0.2, 0) is 4.74 Å². The number of nitrogens with zero attached hydrogens (tertiary/aromatic N) is 2. The van der Waals surface area contributed by atoms with Crippen LogP contribution in [0, 0.1) is 11.8 Å². The van der Waals surface area contributed by atoms with Crippen molar-refractivity contribution in [1.29, 1.82) is 0 Å². The lowest BCUT2D eigenvalue weighted by Gasteiger charge is -2.45. The highest BCUT2D eigenvalue weighted by molar-refractivity contribution is 6.30. The van der Waals surface area contributed by atoms with Crippen LogP contribution in [-0.4, -0.2) is 53.7 Å². The van der Waals surface area contributed by atoms with Gasteiger partial charge in [0.2, 0.25) is 0 Å². The normalized spacial score (nSPS) is 18.4. The zero-order chi connectivity index (χ0) is 18.4. The van der Waals surface area contributed by atoms with Crippen molar-refractivity contribution in [3.8, 4) is 11.8 Å². The number of halogens is 1. The summed E-state index contributed by atoms with van der Waals surface area (Å²) in [5.41, 5.74) is 0.633. The molecule has 0 spiro atoms. The Balaban J connectivity index is 2.09. The Morgan fingerprint density at radius 2 is 2.12 bits per heavy atom. The lowest BCUT2D eigenvalue weighted by molar-refractivity contribution is 0.0248. The summed E-state index contributed by atoms with van der Waals surface area (Å²) in [7, 11) is 0. The van der Waals surface area contributed by atoms with E-state index in [2.05, 4.69) is 37.5 Å². The zero-order valence-electron chi connectivity index (χ0n) is 15.5. The first kappa shape index (κ1) is 19.6. The van der Waals surface area contributed by atoms with Crippen molar-refractivity contribution in [3.05, 3.63) is 34.9 Å². The van der Waals surface area contributed by atoms with Gasteiger partial charge in [-0.1, -0.05) is 36.4 Å². The monoisotopic (exact) mass is 362 g/mol. The standard InChI is InChI=1S/C20H27ClN2O2/c1-5-18-15-22(12-13-23(18)19(24)25-6-2)20(3,4)11-10-16-8-7-9-17(21)14-16/h7-9,14,18H,5-6,12-13,15H2,1-4H3. The molecule has 2 rings (SSSR count). The number of benzene rings is 1. The van der Waals surface area contributed by atoms with Gasteiger partial charge in [0.05, 0.1) is 12.1 Å². The molecule has 1 aliphatic heterocycles. The van der Waals surface area contributed by atoms with Gasteiger partial charge in [-0.05, 0) is 45.4 Å². The van der Waals surface area contributed by atoms with Gasteiger partial charge in [0.1, 0.15) is 0 Å². The van der Waals surface area contributed by atoms with E-state index in [9.17, 15) is 4.79 Å². The topological polar surface area (TPSA) is 32.8 Å². The smallest absolute Gasteiger partial charge is 0.410 e.